The smallest absolute Gasteiger partial charge is 0.0988 e. The van der Waals surface area contributed by atoms with Crippen molar-refractivity contribution in [2.45, 2.75) is 31.5 Å². The molecule has 1 unspecified atom stereocenters. The van der Waals surface area contributed by atoms with Crippen molar-refractivity contribution in [1.82, 2.24) is 25.0 Å². The van der Waals surface area contributed by atoms with Gasteiger partial charge in [-0.15, -0.1) is 0 Å². The van der Waals surface area contributed by atoms with E-state index in [-0.39, 0.29) is 6.10 Å². The third-order valence-electron chi connectivity index (χ3n) is 5.67. The molecule has 3 aromatic rings. The summed E-state index contributed by atoms with van der Waals surface area (Å²) in [6.07, 6.45) is 8.75. The van der Waals surface area contributed by atoms with E-state index in [1.54, 1.807) is 6.20 Å². The number of hydrogen-bond donors (Lipinski definition) is 1. The molecule has 150 valence electrons. The topological polar surface area (TPSA) is 55.2 Å². The highest BCUT2D eigenvalue weighted by Gasteiger charge is 2.32. The third kappa shape index (κ3) is 4.40. The van der Waals surface area contributed by atoms with E-state index >= 15 is 0 Å². The van der Waals surface area contributed by atoms with E-state index in [1.165, 1.54) is 12.8 Å². The maximum atomic E-state index is 5.98. The molecule has 2 aromatic heterocycles. The van der Waals surface area contributed by atoms with E-state index in [9.17, 15) is 0 Å². The van der Waals surface area contributed by atoms with Gasteiger partial charge in [-0.1, -0.05) is 18.2 Å². The van der Waals surface area contributed by atoms with Gasteiger partial charge < -0.3 is 10.1 Å². The molecule has 1 N–H and O–H groups in total. The quantitative estimate of drug-likeness (QED) is 0.673. The summed E-state index contributed by atoms with van der Waals surface area (Å²) in [7, 11) is 0. The zero-order valence-electron chi connectivity index (χ0n) is 16.6. The van der Waals surface area contributed by atoms with Crippen molar-refractivity contribution in [2.75, 3.05) is 26.2 Å². The van der Waals surface area contributed by atoms with Crippen molar-refractivity contribution >= 4 is 0 Å². The largest absolute Gasteiger partial charge is 0.374 e. The number of nitrogens with zero attached hydrogens (tertiary/aromatic N) is 4. The SMILES string of the molecule is c1ccc(-n2cc(CNCC3CN(C4CC4)CCO3)c(-c3cccnc3)n2)cc1. The van der Waals surface area contributed by atoms with E-state index < -0.39 is 0 Å². The molecule has 2 fully saturated rings. The number of aromatic nitrogens is 3. The monoisotopic (exact) mass is 389 g/mol. The molecule has 2 aliphatic rings. The van der Waals surface area contributed by atoms with Gasteiger partial charge in [-0.25, -0.2) is 4.68 Å². The Morgan fingerprint density at radius 1 is 1.10 bits per heavy atom. The molecule has 1 saturated carbocycles. The van der Waals surface area contributed by atoms with E-state index in [2.05, 4.69) is 39.6 Å². The molecule has 0 radical (unpaired) electrons. The number of nitrogens with one attached hydrogen (secondary N) is 1. The van der Waals surface area contributed by atoms with Crippen LogP contribution in [-0.4, -0.2) is 58.1 Å². The first-order valence-corrected chi connectivity index (χ1v) is 10.5. The minimum Gasteiger partial charge on any atom is -0.374 e. The zero-order chi connectivity index (χ0) is 19.5. The van der Waals surface area contributed by atoms with Crippen LogP contribution in [0.2, 0.25) is 0 Å². The Balaban J connectivity index is 1.30. The predicted molar refractivity (Wildman–Crippen MR) is 113 cm³/mol. The fraction of sp³-hybridized carbons (Fsp3) is 0.391. The lowest BCUT2D eigenvalue weighted by Gasteiger charge is -2.33. The summed E-state index contributed by atoms with van der Waals surface area (Å²) in [6.45, 7) is 4.56. The molecule has 1 aromatic carbocycles. The Morgan fingerprint density at radius 3 is 2.79 bits per heavy atom. The van der Waals surface area contributed by atoms with Gasteiger partial charge in [-0.3, -0.25) is 9.88 Å². The Morgan fingerprint density at radius 2 is 2.00 bits per heavy atom. The molecular weight excluding hydrogens is 362 g/mol. The summed E-state index contributed by atoms with van der Waals surface area (Å²) >= 11 is 0. The minimum absolute atomic E-state index is 0.260. The van der Waals surface area contributed by atoms with Crippen molar-refractivity contribution in [1.29, 1.82) is 0 Å². The minimum atomic E-state index is 0.260. The zero-order valence-corrected chi connectivity index (χ0v) is 16.6. The lowest BCUT2D eigenvalue weighted by atomic mass is 10.1. The number of pyridine rings is 1. The summed E-state index contributed by atoms with van der Waals surface area (Å²) in [5, 5.41) is 8.46. The normalized spacial score (nSPS) is 20.1. The highest BCUT2D eigenvalue weighted by atomic mass is 16.5. The Labute approximate surface area is 171 Å². The van der Waals surface area contributed by atoms with Crippen molar-refractivity contribution in [3.05, 3.63) is 66.6 Å². The molecule has 1 aliphatic heterocycles. The molecule has 0 amide bonds. The summed E-state index contributed by atoms with van der Waals surface area (Å²) in [6, 6.07) is 15.0. The number of morpholine rings is 1. The van der Waals surface area contributed by atoms with Crippen molar-refractivity contribution in [3.8, 4) is 16.9 Å². The maximum absolute atomic E-state index is 5.98. The van der Waals surface area contributed by atoms with E-state index in [1.807, 2.05) is 35.1 Å². The van der Waals surface area contributed by atoms with Crippen LogP contribution in [-0.2, 0) is 11.3 Å². The van der Waals surface area contributed by atoms with Crippen LogP contribution in [0.15, 0.2) is 61.1 Å². The summed E-state index contributed by atoms with van der Waals surface area (Å²) in [5.41, 5.74) is 4.22. The van der Waals surface area contributed by atoms with Crippen LogP contribution in [0.5, 0.6) is 0 Å². The van der Waals surface area contributed by atoms with Gasteiger partial charge in [0.25, 0.3) is 0 Å². The summed E-state index contributed by atoms with van der Waals surface area (Å²) in [4.78, 5) is 6.86. The van der Waals surface area contributed by atoms with E-state index in [0.717, 1.165) is 61.3 Å². The fourth-order valence-electron chi connectivity index (χ4n) is 4.00. The van der Waals surface area contributed by atoms with Crippen molar-refractivity contribution < 1.29 is 4.74 Å². The van der Waals surface area contributed by atoms with Crippen LogP contribution in [0.3, 0.4) is 0 Å². The van der Waals surface area contributed by atoms with Gasteiger partial charge in [0.1, 0.15) is 0 Å². The predicted octanol–water partition coefficient (Wildman–Crippen LogP) is 2.89. The van der Waals surface area contributed by atoms with Gasteiger partial charge in [0.15, 0.2) is 0 Å². The molecule has 0 bridgehead atoms. The van der Waals surface area contributed by atoms with Crippen LogP contribution in [0.25, 0.3) is 16.9 Å². The first kappa shape index (κ1) is 18.5. The lowest BCUT2D eigenvalue weighted by molar-refractivity contribution is -0.0301. The van der Waals surface area contributed by atoms with Crippen molar-refractivity contribution in [3.63, 3.8) is 0 Å². The third-order valence-corrected chi connectivity index (χ3v) is 5.67. The van der Waals surface area contributed by atoms with Gasteiger partial charge in [0.05, 0.1) is 24.1 Å². The Hall–Kier alpha value is -2.54. The van der Waals surface area contributed by atoms with Crippen molar-refractivity contribution in [2.24, 2.45) is 0 Å². The number of ether oxygens (including phenoxy) is 1. The fourth-order valence-corrected chi connectivity index (χ4v) is 4.00. The van der Waals surface area contributed by atoms with E-state index in [4.69, 9.17) is 9.84 Å². The Kier molecular flexibility index (Phi) is 5.39. The summed E-state index contributed by atoms with van der Waals surface area (Å²) in [5.74, 6) is 0. The van der Waals surface area contributed by atoms with Crippen LogP contribution >= 0.6 is 0 Å². The molecule has 3 heterocycles. The van der Waals surface area contributed by atoms with Crippen LogP contribution < -0.4 is 5.32 Å². The second-order valence-electron chi connectivity index (χ2n) is 7.87. The molecule has 1 aliphatic carbocycles. The molecule has 6 nitrogen and oxygen atoms in total. The first-order chi connectivity index (χ1) is 14.4. The molecule has 1 saturated heterocycles. The van der Waals surface area contributed by atoms with E-state index in [0.29, 0.717) is 0 Å². The van der Waals surface area contributed by atoms with Gasteiger partial charge in [0.2, 0.25) is 0 Å². The molecule has 1 atom stereocenters. The average Bonchev–Trinajstić information content (AvgIpc) is 3.55. The van der Waals surface area contributed by atoms with Crippen LogP contribution in [0.4, 0.5) is 0 Å². The van der Waals surface area contributed by atoms with Gasteiger partial charge in [-0.05, 0) is 37.1 Å². The van der Waals surface area contributed by atoms with Gasteiger partial charge in [-0.2, -0.15) is 5.10 Å². The lowest BCUT2D eigenvalue weighted by Crippen LogP contribution is -2.47. The molecule has 0 spiro atoms. The Bertz CT molecular complexity index is 923. The second-order valence-corrected chi connectivity index (χ2v) is 7.87. The number of benzene rings is 1. The van der Waals surface area contributed by atoms with Crippen LogP contribution in [0, 0.1) is 0 Å². The molecule has 5 rings (SSSR count). The number of rotatable bonds is 7. The number of hydrogen-bond acceptors (Lipinski definition) is 5. The van der Waals surface area contributed by atoms with Gasteiger partial charge >= 0.3 is 0 Å². The highest BCUT2D eigenvalue weighted by molar-refractivity contribution is 5.62. The molecule has 6 heteroatoms. The average molecular weight is 390 g/mol. The van der Waals surface area contributed by atoms with Gasteiger partial charge in [0, 0.05) is 61.9 Å². The standard InChI is InChI=1S/C23H27N5O/c1-2-6-21(7-3-1)28-16-19(23(26-28)18-5-4-10-24-13-18)14-25-15-22-17-27(11-12-29-22)20-8-9-20/h1-7,10,13,16,20,22,25H,8-9,11-12,14-15,17H2. The number of para-hydroxylation sites is 1. The second kappa shape index (κ2) is 8.45. The maximum Gasteiger partial charge on any atom is 0.0988 e. The highest BCUT2D eigenvalue weighted by Crippen LogP contribution is 2.28. The van der Waals surface area contributed by atoms with Crippen LogP contribution in [0.1, 0.15) is 18.4 Å². The molecule has 29 heavy (non-hydrogen) atoms. The first-order valence-electron chi connectivity index (χ1n) is 10.5. The molecular formula is C23H27N5O. The summed E-state index contributed by atoms with van der Waals surface area (Å²) < 4.78 is 7.93.